The lowest BCUT2D eigenvalue weighted by Gasteiger charge is -1.98. The molecule has 0 unspecified atom stereocenters. The molecule has 0 aliphatic carbocycles. The van der Waals surface area contributed by atoms with Crippen LogP contribution in [0.4, 0.5) is 4.39 Å². The van der Waals surface area contributed by atoms with Gasteiger partial charge in [-0.15, -0.1) is 0 Å². The number of carbonyl (C=O) groups is 1. The van der Waals surface area contributed by atoms with Crippen molar-refractivity contribution in [1.82, 2.24) is 4.98 Å². The molecule has 3 nitrogen and oxygen atoms in total. The standard InChI is InChI=1S/C7H5ClFNO2/c8-6-4(2-9)1-5(3-10-6)7(11)12/h1,3H,2H2,(H,11,12). The van der Waals surface area contributed by atoms with Gasteiger partial charge in [-0.05, 0) is 6.07 Å². The molecule has 1 N–H and O–H groups in total. The quantitative estimate of drug-likeness (QED) is 0.723. The minimum absolute atomic E-state index is 0.00231. The number of hydrogen-bond donors (Lipinski definition) is 1. The second-order valence-electron chi connectivity index (χ2n) is 2.11. The Labute approximate surface area is 72.8 Å². The third-order valence-corrected chi connectivity index (χ3v) is 1.64. The summed E-state index contributed by atoms with van der Waals surface area (Å²) < 4.78 is 12.1. The van der Waals surface area contributed by atoms with Crippen LogP contribution in [0.1, 0.15) is 15.9 Å². The van der Waals surface area contributed by atoms with Crippen molar-refractivity contribution >= 4 is 17.6 Å². The maximum absolute atomic E-state index is 12.1. The first-order valence-corrected chi connectivity index (χ1v) is 3.46. The van der Waals surface area contributed by atoms with Crippen LogP contribution in [0.2, 0.25) is 5.15 Å². The molecule has 1 heterocycles. The van der Waals surface area contributed by atoms with Crippen LogP contribution < -0.4 is 0 Å². The summed E-state index contributed by atoms with van der Waals surface area (Å²) in [6.45, 7) is -0.813. The predicted octanol–water partition coefficient (Wildman–Crippen LogP) is 1.90. The molecular weight excluding hydrogens is 185 g/mol. The van der Waals surface area contributed by atoms with Gasteiger partial charge in [0.25, 0.3) is 0 Å². The summed E-state index contributed by atoms with van der Waals surface area (Å²) in [7, 11) is 0. The number of hydrogen-bond acceptors (Lipinski definition) is 2. The predicted molar refractivity (Wildman–Crippen MR) is 41.0 cm³/mol. The highest BCUT2D eigenvalue weighted by atomic mass is 35.5. The highest BCUT2D eigenvalue weighted by molar-refractivity contribution is 6.30. The third kappa shape index (κ3) is 1.71. The Hall–Kier alpha value is -1.16. The van der Waals surface area contributed by atoms with Gasteiger partial charge in [0, 0.05) is 11.8 Å². The molecule has 0 aliphatic rings. The van der Waals surface area contributed by atoms with Gasteiger partial charge in [0.1, 0.15) is 11.8 Å². The van der Waals surface area contributed by atoms with E-state index >= 15 is 0 Å². The van der Waals surface area contributed by atoms with Gasteiger partial charge in [0.15, 0.2) is 0 Å². The lowest BCUT2D eigenvalue weighted by Crippen LogP contribution is -1.99. The van der Waals surface area contributed by atoms with Gasteiger partial charge in [-0.1, -0.05) is 11.6 Å². The smallest absolute Gasteiger partial charge is 0.337 e. The monoisotopic (exact) mass is 189 g/mol. The van der Waals surface area contributed by atoms with E-state index in [0.717, 1.165) is 12.3 Å². The van der Waals surface area contributed by atoms with E-state index in [9.17, 15) is 9.18 Å². The van der Waals surface area contributed by atoms with E-state index < -0.39 is 12.6 Å². The lowest BCUT2D eigenvalue weighted by atomic mass is 10.2. The summed E-state index contributed by atoms with van der Waals surface area (Å²) >= 11 is 5.46. The molecule has 12 heavy (non-hydrogen) atoms. The number of carboxylic acids is 1. The minimum atomic E-state index is -1.14. The van der Waals surface area contributed by atoms with Crippen LogP contribution in [-0.4, -0.2) is 16.1 Å². The zero-order chi connectivity index (χ0) is 9.14. The second kappa shape index (κ2) is 3.49. The fourth-order valence-corrected chi connectivity index (χ4v) is 0.858. The molecular formula is C7H5ClFNO2. The molecule has 5 heteroatoms. The first kappa shape index (κ1) is 8.93. The molecule has 0 spiro atoms. The highest BCUT2D eigenvalue weighted by Crippen LogP contribution is 2.15. The van der Waals surface area contributed by atoms with Gasteiger partial charge in [-0.25, -0.2) is 14.2 Å². The highest BCUT2D eigenvalue weighted by Gasteiger charge is 2.07. The molecule has 1 aromatic rings. The van der Waals surface area contributed by atoms with Crippen LogP contribution in [0.3, 0.4) is 0 Å². The van der Waals surface area contributed by atoms with E-state index in [0.29, 0.717) is 0 Å². The SMILES string of the molecule is O=C(O)c1cnc(Cl)c(CF)c1. The molecule has 0 saturated carbocycles. The summed E-state index contributed by atoms with van der Waals surface area (Å²) in [6.07, 6.45) is 1.09. The van der Waals surface area contributed by atoms with Gasteiger partial charge >= 0.3 is 5.97 Å². The molecule has 1 aromatic heterocycles. The summed E-state index contributed by atoms with van der Waals surface area (Å²) in [4.78, 5) is 13.9. The molecule has 0 fully saturated rings. The van der Waals surface area contributed by atoms with Gasteiger partial charge in [0.2, 0.25) is 0 Å². The zero-order valence-electron chi connectivity index (χ0n) is 5.92. The van der Waals surface area contributed by atoms with E-state index in [4.69, 9.17) is 16.7 Å². The fraction of sp³-hybridized carbons (Fsp3) is 0.143. The molecule has 0 aromatic carbocycles. The topological polar surface area (TPSA) is 50.2 Å². The van der Waals surface area contributed by atoms with E-state index in [1.165, 1.54) is 0 Å². The number of halogens is 2. The number of alkyl halides is 1. The van der Waals surface area contributed by atoms with Crippen LogP contribution in [0.5, 0.6) is 0 Å². The Morgan fingerprint density at radius 3 is 2.92 bits per heavy atom. The van der Waals surface area contributed by atoms with E-state index in [-0.39, 0.29) is 16.3 Å². The van der Waals surface area contributed by atoms with Gasteiger partial charge in [-0.2, -0.15) is 0 Å². The second-order valence-corrected chi connectivity index (χ2v) is 2.47. The maximum Gasteiger partial charge on any atom is 0.337 e. The summed E-state index contributed by atoms with van der Waals surface area (Å²) in [5, 5.41) is 8.49. The normalized spacial score (nSPS) is 9.83. The molecule has 0 atom stereocenters. The number of aromatic carboxylic acids is 1. The van der Waals surface area contributed by atoms with Crippen molar-refractivity contribution in [2.24, 2.45) is 0 Å². The van der Waals surface area contributed by atoms with Crippen molar-refractivity contribution in [3.05, 3.63) is 28.5 Å². The van der Waals surface area contributed by atoms with Crippen molar-refractivity contribution in [2.45, 2.75) is 6.67 Å². The van der Waals surface area contributed by atoms with Crippen molar-refractivity contribution in [2.75, 3.05) is 0 Å². The molecule has 0 aliphatic heterocycles. The van der Waals surface area contributed by atoms with Gasteiger partial charge in [-0.3, -0.25) is 0 Å². The van der Waals surface area contributed by atoms with Crippen molar-refractivity contribution in [3.63, 3.8) is 0 Å². The Bertz CT molecular complexity index is 316. The average molecular weight is 190 g/mol. The van der Waals surface area contributed by atoms with Crippen LogP contribution in [0.15, 0.2) is 12.3 Å². The van der Waals surface area contributed by atoms with E-state index in [1.54, 1.807) is 0 Å². The lowest BCUT2D eigenvalue weighted by molar-refractivity contribution is 0.0696. The number of nitrogens with zero attached hydrogens (tertiary/aromatic N) is 1. The molecule has 1 rings (SSSR count). The molecule has 0 radical (unpaired) electrons. The Balaban J connectivity index is 3.13. The molecule has 0 amide bonds. The Kier molecular flexibility index (Phi) is 2.60. The summed E-state index contributed by atoms with van der Waals surface area (Å²) in [6, 6.07) is 1.16. The first-order valence-electron chi connectivity index (χ1n) is 3.09. The number of aromatic nitrogens is 1. The minimum Gasteiger partial charge on any atom is -0.478 e. The largest absolute Gasteiger partial charge is 0.478 e. The Morgan fingerprint density at radius 1 is 1.75 bits per heavy atom. The Morgan fingerprint density at radius 2 is 2.42 bits per heavy atom. The molecule has 0 saturated heterocycles. The number of pyridine rings is 1. The van der Waals surface area contributed by atoms with Gasteiger partial charge < -0.3 is 5.11 Å². The van der Waals surface area contributed by atoms with E-state index in [1.807, 2.05) is 0 Å². The van der Waals surface area contributed by atoms with E-state index in [2.05, 4.69) is 4.98 Å². The fourth-order valence-electron chi connectivity index (χ4n) is 0.704. The zero-order valence-corrected chi connectivity index (χ0v) is 6.68. The van der Waals surface area contributed by atoms with Crippen molar-refractivity contribution in [1.29, 1.82) is 0 Å². The number of rotatable bonds is 2. The van der Waals surface area contributed by atoms with Crippen LogP contribution in [0.25, 0.3) is 0 Å². The average Bonchev–Trinajstić information content (AvgIpc) is 2.05. The third-order valence-electron chi connectivity index (χ3n) is 1.30. The van der Waals surface area contributed by atoms with Crippen molar-refractivity contribution < 1.29 is 14.3 Å². The number of carboxylic acid groups (broad SMARTS) is 1. The van der Waals surface area contributed by atoms with Gasteiger partial charge in [0.05, 0.1) is 5.56 Å². The first-order chi connectivity index (χ1) is 5.65. The summed E-state index contributed by atoms with van der Waals surface area (Å²) in [5.41, 5.74) is 0.0311. The maximum atomic E-state index is 12.1. The molecule has 64 valence electrons. The van der Waals surface area contributed by atoms with Crippen molar-refractivity contribution in [3.8, 4) is 0 Å². The molecule has 0 bridgehead atoms. The van der Waals surface area contributed by atoms with Crippen LogP contribution >= 0.6 is 11.6 Å². The summed E-state index contributed by atoms with van der Waals surface area (Å²) in [5.74, 6) is -1.14. The van der Waals surface area contributed by atoms with Crippen LogP contribution in [-0.2, 0) is 6.67 Å². The van der Waals surface area contributed by atoms with Crippen LogP contribution in [0, 0.1) is 0 Å².